The van der Waals surface area contributed by atoms with Gasteiger partial charge in [0, 0.05) is 0 Å². The molecule has 0 radical (unpaired) electrons. The van der Waals surface area contributed by atoms with E-state index in [1.807, 2.05) is 0 Å². The molecule has 64 valence electrons. The number of nitrogens with zero attached hydrogens (tertiary/aromatic N) is 2. The van der Waals surface area contributed by atoms with Crippen molar-refractivity contribution in [2.75, 3.05) is 0 Å². The molecule has 13 N–H and O–H groups in total. The number of nitrogens with one attached hydrogen (secondary N) is 1. The van der Waals surface area contributed by atoms with Gasteiger partial charge in [-0.3, -0.25) is 0 Å². The van der Waals surface area contributed by atoms with Gasteiger partial charge in [0.2, 0.25) is 0 Å². The maximum atomic E-state index is 5.15. The molecular formula is H13IN9+. The molecule has 0 aliphatic rings. The number of hydrogen-bond donors (Lipinski definition) is 7. The number of halogens is 1. The van der Waals surface area contributed by atoms with Crippen LogP contribution in [-0.2, 0) is 0 Å². The standard InChI is InChI=1S/H13IN9/c2-9(3,4)1-8-10(5,6)7/h8H,2-7H2/q+1. The first kappa shape index (κ1) is 10.4. The molecule has 0 aliphatic carbocycles. The summed E-state index contributed by atoms with van der Waals surface area (Å²) in [6, 6.07) is 0. The summed E-state index contributed by atoms with van der Waals surface area (Å²) in [6.07, 6.45) is 0. The molecule has 0 saturated heterocycles. The fraction of sp³-hybridized carbons (Fsp3) is 0. The van der Waals surface area contributed by atoms with Crippen molar-refractivity contribution in [3.05, 3.63) is 0 Å². The zero-order valence-corrected chi connectivity index (χ0v) is 7.39. The van der Waals surface area contributed by atoms with Gasteiger partial charge < -0.3 is 0 Å². The summed E-state index contributed by atoms with van der Waals surface area (Å²) in [7, 11) is 0. The van der Waals surface area contributed by atoms with E-state index in [9.17, 15) is 0 Å². The van der Waals surface area contributed by atoms with Crippen molar-refractivity contribution in [1.82, 2.24) is 3.64 Å². The molecule has 0 unspecified atom stereocenters. The van der Waals surface area contributed by atoms with Crippen LogP contribution in [0.15, 0.2) is 0 Å². The summed E-state index contributed by atoms with van der Waals surface area (Å²) in [5.74, 6) is 30.7. The average Bonchev–Trinajstić information content (AvgIpc) is 1.57. The fourth-order valence-corrected chi connectivity index (χ4v) is 0.878. The van der Waals surface area contributed by atoms with Crippen LogP contribution in [0.2, 0.25) is 0 Å². The van der Waals surface area contributed by atoms with E-state index < -0.39 is 29.7 Å². The number of rotatable bonds is 3. The van der Waals surface area contributed by atoms with Crippen LogP contribution in [0.4, 0.5) is 0 Å². The Bertz CT molecular complexity index is 78.3. The van der Waals surface area contributed by atoms with Crippen LogP contribution in [-0.4, -0.2) is 7.94 Å². The number of hydrogen-bond acceptors (Lipinski definition) is 7. The van der Waals surface area contributed by atoms with Crippen molar-refractivity contribution in [2.45, 2.75) is 0 Å². The average molecular weight is 266 g/mol. The van der Waals surface area contributed by atoms with E-state index in [1.165, 1.54) is 0 Å². The molecule has 10 heteroatoms. The van der Waals surface area contributed by atoms with Crippen molar-refractivity contribution >= 4 is 0 Å². The van der Waals surface area contributed by atoms with E-state index in [0.29, 0.717) is 0 Å². The molecule has 0 aromatic rings. The van der Waals surface area contributed by atoms with E-state index in [2.05, 4.69) is 3.64 Å². The molecule has 0 bridgehead atoms. The third-order valence-electron chi connectivity index (χ3n) is 0.331. The van der Waals surface area contributed by atoms with Crippen LogP contribution < -0.4 is 60.4 Å². The summed E-state index contributed by atoms with van der Waals surface area (Å²) >= 11 is -0.990. The minimum absolute atomic E-state index is 0.676. The van der Waals surface area contributed by atoms with Crippen molar-refractivity contribution < 1.29 is 29.7 Å². The Morgan fingerprint density at radius 1 is 0.900 bits per heavy atom. The Hall–Kier alpha value is 0.370. The van der Waals surface area contributed by atoms with Gasteiger partial charge in [0.1, 0.15) is 0 Å². The molecule has 0 aliphatic heterocycles. The molecule has 0 spiro atoms. The van der Waals surface area contributed by atoms with Crippen molar-refractivity contribution in [3.8, 4) is 0 Å². The van der Waals surface area contributed by atoms with Crippen LogP contribution in [0, 0.1) is 0 Å². The Balaban J connectivity index is 3.56. The molecule has 0 aromatic carbocycles. The Morgan fingerprint density at radius 3 is 1.40 bits per heavy atom. The van der Waals surface area contributed by atoms with Crippen molar-refractivity contribution in [1.29, 1.82) is 0 Å². The third-order valence-corrected chi connectivity index (χ3v) is 2.22. The normalized spacial score (nSPS) is 14.2. The van der Waals surface area contributed by atoms with Gasteiger partial charge >= 0.3 is 68.4 Å². The van der Waals surface area contributed by atoms with Gasteiger partial charge in [-0.05, 0) is 0 Å². The Morgan fingerprint density at radius 2 is 1.30 bits per heavy atom. The van der Waals surface area contributed by atoms with Gasteiger partial charge in [-0.25, -0.2) is 0 Å². The first-order valence-electron chi connectivity index (χ1n) is 2.13. The molecular weight excluding hydrogens is 253 g/mol. The second-order valence-corrected chi connectivity index (χ2v) is 4.38. The van der Waals surface area contributed by atoms with Crippen LogP contribution >= 0.6 is 0 Å². The van der Waals surface area contributed by atoms with E-state index in [0.717, 1.165) is 0 Å². The predicted octanol–water partition coefficient (Wildman–Crippen LogP) is -7.71. The van der Waals surface area contributed by atoms with E-state index in [4.69, 9.17) is 35.1 Å². The summed E-state index contributed by atoms with van der Waals surface area (Å²) < 4.78 is 1.76. The van der Waals surface area contributed by atoms with Crippen LogP contribution in [0.25, 0.3) is 0 Å². The minimum atomic E-state index is -0.990. The first-order chi connectivity index (χ1) is 4.21. The van der Waals surface area contributed by atoms with Crippen LogP contribution in [0.5, 0.6) is 0 Å². The van der Waals surface area contributed by atoms with Crippen LogP contribution in [0.3, 0.4) is 0 Å². The van der Waals surface area contributed by atoms with Gasteiger partial charge in [0.05, 0.1) is 0 Å². The zero-order chi connectivity index (χ0) is 8.41. The summed E-state index contributed by atoms with van der Waals surface area (Å²) in [5.41, 5.74) is 0. The summed E-state index contributed by atoms with van der Waals surface area (Å²) in [5, 5.41) is 0. The second kappa shape index (κ2) is 3.18. The monoisotopic (exact) mass is 266 g/mol. The maximum absolute atomic E-state index is 5.15. The first-order valence-corrected chi connectivity index (χ1v) is 4.17. The summed E-state index contributed by atoms with van der Waals surface area (Å²) in [6.45, 7) is 0. The molecule has 0 fully saturated rings. The SMILES string of the molecule is N[N+](N)(N)N[I-][N+](N)(N)N. The van der Waals surface area contributed by atoms with Gasteiger partial charge in [-0.1, -0.05) is 0 Å². The van der Waals surface area contributed by atoms with E-state index in [1.54, 1.807) is 0 Å². The Labute approximate surface area is 68.8 Å². The van der Waals surface area contributed by atoms with Gasteiger partial charge in [-0.15, -0.1) is 0 Å². The zero-order valence-electron chi connectivity index (χ0n) is 5.24. The van der Waals surface area contributed by atoms with E-state index >= 15 is 0 Å². The molecule has 0 amide bonds. The second-order valence-electron chi connectivity index (χ2n) is 1.74. The molecule has 0 aromatic heterocycles. The van der Waals surface area contributed by atoms with E-state index in [-0.39, 0.29) is 0 Å². The topological polar surface area (TPSA) is 168 Å². The Kier molecular flexibility index (Phi) is 3.30. The molecule has 9 nitrogen and oxygen atoms in total. The van der Waals surface area contributed by atoms with Crippen molar-refractivity contribution in [2.24, 2.45) is 35.1 Å². The molecule has 0 rings (SSSR count). The third kappa shape index (κ3) is 8.37. The number of nitrogens with two attached hydrogens (primary N) is 6. The van der Waals surface area contributed by atoms with Gasteiger partial charge in [0.15, 0.2) is 0 Å². The molecule has 0 heterocycles. The molecule has 0 atom stereocenters. The van der Waals surface area contributed by atoms with Crippen molar-refractivity contribution in [3.63, 3.8) is 0 Å². The molecule has 0 saturated carbocycles. The van der Waals surface area contributed by atoms with Gasteiger partial charge in [0.25, 0.3) is 0 Å². The summed E-state index contributed by atoms with van der Waals surface area (Å²) in [4.78, 5) is -0.876. The molecule has 10 heavy (non-hydrogen) atoms. The number of quaternary nitrogens is 2. The fourth-order valence-electron chi connectivity index (χ4n) is 0.131. The van der Waals surface area contributed by atoms with Gasteiger partial charge in [-0.2, -0.15) is 0 Å². The quantitative estimate of drug-likeness (QED) is 0.0874. The van der Waals surface area contributed by atoms with Crippen LogP contribution in [0.1, 0.15) is 0 Å². The predicted molar refractivity (Wildman–Crippen MR) is 28.8 cm³/mol.